The molecule has 2 aliphatic rings. The van der Waals surface area contributed by atoms with E-state index in [2.05, 4.69) is 48.1 Å². The van der Waals surface area contributed by atoms with Gasteiger partial charge < -0.3 is 9.72 Å². The molecule has 0 radical (unpaired) electrons. The normalized spacial score (nSPS) is 27.2. The van der Waals surface area contributed by atoms with Crippen molar-refractivity contribution in [2.24, 2.45) is 5.92 Å². The molecule has 1 aliphatic carbocycles. The Hall–Kier alpha value is -1.81. The zero-order valence-electron chi connectivity index (χ0n) is 14.0. The Balaban J connectivity index is 1.80. The number of piperidine rings is 1. The average molecular weight is 312 g/mol. The molecule has 1 fully saturated rings. The number of nitrogens with one attached hydrogen (secondary N) is 1. The van der Waals surface area contributed by atoms with Crippen LogP contribution in [0.1, 0.15) is 37.3 Å². The highest BCUT2D eigenvalue weighted by Gasteiger charge is 2.43. The van der Waals surface area contributed by atoms with Crippen LogP contribution >= 0.6 is 0 Å². The number of carbonyl (C=O) groups is 1. The molecule has 1 aromatic heterocycles. The van der Waals surface area contributed by atoms with E-state index < -0.39 is 0 Å². The Labute approximate surface area is 136 Å². The van der Waals surface area contributed by atoms with Crippen LogP contribution in [0.4, 0.5) is 0 Å². The molecule has 1 saturated heterocycles. The first-order valence-electron chi connectivity index (χ1n) is 8.52. The van der Waals surface area contributed by atoms with Gasteiger partial charge >= 0.3 is 5.97 Å². The molecular formula is C19H24N2O2. The van der Waals surface area contributed by atoms with E-state index >= 15 is 0 Å². The molecule has 3 atom stereocenters. The Morgan fingerprint density at radius 3 is 2.96 bits per heavy atom. The highest BCUT2D eigenvalue weighted by atomic mass is 16.5. The van der Waals surface area contributed by atoms with Crippen LogP contribution in [-0.4, -0.2) is 41.6 Å². The van der Waals surface area contributed by atoms with Crippen LogP contribution in [0.15, 0.2) is 24.4 Å². The zero-order valence-corrected chi connectivity index (χ0v) is 14.0. The van der Waals surface area contributed by atoms with Crippen LogP contribution in [0.5, 0.6) is 0 Å². The number of hydrogen-bond donors (Lipinski definition) is 1. The zero-order chi connectivity index (χ0) is 16.1. The molecule has 4 heteroatoms. The summed E-state index contributed by atoms with van der Waals surface area (Å²) in [5.41, 5.74) is 4.03. The maximum absolute atomic E-state index is 12.2. The smallest absolute Gasteiger partial charge is 0.309 e. The largest absolute Gasteiger partial charge is 0.469 e. The number of nitrogens with zero attached hydrogens (tertiary/aromatic N) is 1. The van der Waals surface area contributed by atoms with Gasteiger partial charge in [-0.1, -0.05) is 12.1 Å². The molecule has 1 aromatic carbocycles. The Kier molecular flexibility index (Phi) is 3.45. The SMILES string of the molecule is COC(=O)[C@@H]1C[C@@H]2c3cccc4[nH]cc(c34)C[C@H]2N(C(C)C)C1. The minimum atomic E-state index is -0.0684. The molecule has 0 saturated carbocycles. The van der Waals surface area contributed by atoms with Gasteiger partial charge in [-0.05, 0) is 43.9 Å². The summed E-state index contributed by atoms with van der Waals surface area (Å²) in [6, 6.07) is 7.42. The molecule has 0 bridgehead atoms. The molecule has 23 heavy (non-hydrogen) atoms. The number of esters is 1. The van der Waals surface area contributed by atoms with Gasteiger partial charge in [-0.25, -0.2) is 0 Å². The van der Waals surface area contributed by atoms with Crippen molar-refractivity contribution in [3.8, 4) is 0 Å². The molecule has 4 rings (SSSR count). The number of H-pyrrole nitrogens is 1. The van der Waals surface area contributed by atoms with Crippen molar-refractivity contribution in [3.63, 3.8) is 0 Å². The number of rotatable bonds is 2. The Morgan fingerprint density at radius 1 is 1.39 bits per heavy atom. The molecule has 1 N–H and O–H groups in total. The summed E-state index contributed by atoms with van der Waals surface area (Å²) in [6.07, 6.45) is 4.12. The molecular weight excluding hydrogens is 288 g/mol. The summed E-state index contributed by atoms with van der Waals surface area (Å²) in [5, 5.41) is 1.38. The number of hydrogen-bond acceptors (Lipinski definition) is 3. The van der Waals surface area contributed by atoms with Crippen LogP contribution in [0.25, 0.3) is 10.9 Å². The predicted octanol–water partition coefficient (Wildman–Crippen LogP) is 3.08. The van der Waals surface area contributed by atoms with Crippen LogP contribution in [-0.2, 0) is 16.0 Å². The van der Waals surface area contributed by atoms with Crippen molar-refractivity contribution in [2.45, 2.75) is 44.7 Å². The summed E-state index contributed by atoms with van der Waals surface area (Å²) >= 11 is 0. The number of carbonyl (C=O) groups excluding carboxylic acids is 1. The topological polar surface area (TPSA) is 45.3 Å². The van der Waals surface area contributed by atoms with E-state index in [0.717, 1.165) is 19.4 Å². The summed E-state index contributed by atoms with van der Waals surface area (Å²) in [4.78, 5) is 18.1. The molecule has 0 unspecified atom stereocenters. The first kappa shape index (κ1) is 14.8. The van der Waals surface area contributed by atoms with Gasteiger partial charge in [0.25, 0.3) is 0 Å². The lowest BCUT2D eigenvalue weighted by Gasteiger charge is -2.48. The van der Waals surface area contributed by atoms with Crippen LogP contribution in [0.2, 0.25) is 0 Å². The highest BCUT2D eigenvalue weighted by molar-refractivity contribution is 5.88. The first-order chi connectivity index (χ1) is 11.1. The molecule has 0 amide bonds. The van der Waals surface area contributed by atoms with Gasteiger partial charge in [0, 0.05) is 41.6 Å². The monoisotopic (exact) mass is 312 g/mol. The predicted molar refractivity (Wildman–Crippen MR) is 90.5 cm³/mol. The Morgan fingerprint density at radius 2 is 2.22 bits per heavy atom. The van der Waals surface area contributed by atoms with Crippen molar-refractivity contribution in [2.75, 3.05) is 13.7 Å². The molecule has 0 spiro atoms. The summed E-state index contributed by atoms with van der Waals surface area (Å²) < 4.78 is 5.05. The van der Waals surface area contributed by atoms with E-state index in [1.807, 2.05) is 0 Å². The van der Waals surface area contributed by atoms with Crippen LogP contribution in [0.3, 0.4) is 0 Å². The Bertz CT molecular complexity index is 749. The maximum Gasteiger partial charge on any atom is 0.309 e. The van der Waals surface area contributed by atoms with Crippen molar-refractivity contribution < 1.29 is 9.53 Å². The summed E-state index contributed by atoms with van der Waals surface area (Å²) in [5.74, 6) is 0.308. The summed E-state index contributed by atoms with van der Waals surface area (Å²) in [7, 11) is 1.50. The van der Waals surface area contributed by atoms with E-state index in [9.17, 15) is 4.79 Å². The van der Waals surface area contributed by atoms with Gasteiger partial charge in [0.1, 0.15) is 0 Å². The third-order valence-corrected chi connectivity index (χ3v) is 5.71. The second-order valence-electron chi connectivity index (χ2n) is 7.21. The summed E-state index contributed by atoms with van der Waals surface area (Å²) in [6.45, 7) is 5.26. The van der Waals surface area contributed by atoms with Crippen molar-refractivity contribution in [1.29, 1.82) is 0 Å². The standard InChI is InChI=1S/C19H24N2O2/c1-11(2)21-10-13(19(22)23-3)7-15-14-5-4-6-16-18(14)12(9-20-16)8-17(15)21/h4-6,9,11,13,15,17,20H,7-8,10H2,1-3H3/t13-,15-,17-/m1/s1. The number of aromatic nitrogens is 1. The number of aromatic amines is 1. The number of benzene rings is 1. The van der Waals surface area contributed by atoms with Gasteiger partial charge in [0.15, 0.2) is 0 Å². The molecule has 122 valence electrons. The van der Waals surface area contributed by atoms with Crippen molar-refractivity contribution >= 4 is 16.9 Å². The third-order valence-electron chi connectivity index (χ3n) is 5.71. The van der Waals surface area contributed by atoms with E-state index in [1.54, 1.807) is 0 Å². The molecule has 2 aromatic rings. The molecule has 2 heterocycles. The third kappa shape index (κ3) is 2.19. The number of methoxy groups -OCH3 is 1. The fraction of sp³-hybridized carbons (Fsp3) is 0.526. The minimum absolute atomic E-state index is 0.0283. The van der Waals surface area contributed by atoms with E-state index in [4.69, 9.17) is 4.74 Å². The van der Waals surface area contributed by atoms with Gasteiger partial charge in [-0.15, -0.1) is 0 Å². The lowest BCUT2D eigenvalue weighted by molar-refractivity contribution is -0.148. The van der Waals surface area contributed by atoms with E-state index in [1.165, 1.54) is 29.1 Å². The van der Waals surface area contributed by atoms with Gasteiger partial charge in [-0.2, -0.15) is 0 Å². The van der Waals surface area contributed by atoms with Gasteiger partial charge in [-0.3, -0.25) is 9.69 Å². The van der Waals surface area contributed by atoms with Gasteiger partial charge in [0.2, 0.25) is 0 Å². The van der Waals surface area contributed by atoms with E-state index in [0.29, 0.717) is 18.0 Å². The average Bonchev–Trinajstić information content (AvgIpc) is 2.98. The highest BCUT2D eigenvalue weighted by Crippen LogP contribution is 2.45. The van der Waals surface area contributed by atoms with Crippen molar-refractivity contribution in [1.82, 2.24) is 9.88 Å². The quantitative estimate of drug-likeness (QED) is 0.867. The second kappa shape index (κ2) is 5.38. The lowest BCUT2D eigenvalue weighted by Crippen LogP contribution is -2.54. The fourth-order valence-corrected chi connectivity index (χ4v) is 4.67. The fourth-order valence-electron chi connectivity index (χ4n) is 4.67. The second-order valence-corrected chi connectivity index (χ2v) is 7.21. The van der Waals surface area contributed by atoms with Crippen LogP contribution < -0.4 is 0 Å². The number of fused-ring (bicyclic) bond motifs is 2. The number of ether oxygens (including phenoxy) is 1. The molecule has 4 nitrogen and oxygen atoms in total. The van der Waals surface area contributed by atoms with E-state index in [-0.39, 0.29) is 11.9 Å². The van der Waals surface area contributed by atoms with Crippen LogP contribution in [0, 0.1) is 5.92 Å². The first-order valence-corrected chi connectivity index (χ1v) is 8.52. The molecule has 1 aliphatic heterocycles. The van der Waals surface area contributed by atoms with Gasteiger partial charge in [0.05, 0.1) is 13.0 Å². The number of likely N-dealkylation sites (tertiary alicyclic amines) is 1. The maximum atomic E-state index is 12.2. The minimum Gasteiger partial charge on any atom is -0.469 e. The lowest BCUT2D eigenvalue weighted by atomic mass is 9.72. The van der Waals surface area contributed by atoms with Crippen molar-refractivity contribution in [3.05, 3.63) is 35.5 Å².